The highest BCUT2D eigenvalue weighted by Crippen LogP contribution is 2.45. The highest BCUT2D eigenvalue weighted by atomic mass is 35.5. The number of aliphatic hydroxyl groups excluding tert-OH is 1. The molecule has 0 spiro atoms. The molecule has 0 saturated heterocycles. The summed E-state index contributed by atoms with van der Waals surface area (Å²) in [6, 6.07) is 0. The van der Waals surface area contributed by atoms with Crippen LogP contribution in [0.15, 0.2) is 0 Å². The van der Waals surface area contributed by atoms with E-state index in [1.165, 1.54) is 12.8 Å². The molecular formula is C10H18Cl4O. The number of aliphatic hydroxyl groups is 1. The fraction of sp³-hybridized carbons (Fsp3) is 1.00. The van der Waals surface area contributed by atoms with Gasteiger partial charge in [0.1, 0.15) is 0 Å². The van der Waals surface area contributed by atoms with Gasteiger partial charge in [0, 0.05) is 0 Å². The van der Waals surface area contributed by atoms with Crippen molar-refractivity contribution in [1.29, 1.82) is 0 Å². The van der Waals surface area contributed by atoms with E-state index in [1.54, 1.807) is 0 Å². The smallest absolute Gasteiger partial charge is 0.173 e. The van der Waals surface area contributed by atoms with Gasteiger partial charge in [-0.2, -0.15) is 0 Å². The van der Waals surface area contributed by atoms with Gasteiger partial charge in [-0.25, -0.2) is 0 Å². The second-order valence-electron chi connectivity index (χ2n) is 3.73. The van der Waals surface area contributed by atoms with Gasteiger partial charge in [-0.3, -0.25) is 0 Å². The predicted octanol–water partition coefficient (Wildman–Crippen LogP) is 4.69. The van der Waals surface area contributed by atoms with Crippen LogP contribution in [0.2, 0.25) is 0 Å². The number of hydrogen-bond donors (Lipinski definition) is 1. The molecule has 0 aliphatic heterocycles. The number of alkyl halides is 4. The molecule has 0 radical (unpaired) electrons. The lowest BCUT2D eigenvalue weighted by Gasteiger charge is -2.31. The summed E-state index contributed by atoms with van der Waals surface area (Å²) in [5, 5.41) is 8.94. The minimum absolute atomic E-state index is 0.446. The maximum Gasteiger partial charge on any atom is 0.173 e. The van der Waals surface area contributed by atoms with Gasteiger partial charge in [0.25, 0.3) is 0 Å². The Morgan fingerprint density at radius 1 is 0.867 bits per heavy atom. The van der Waals surface area contributed by atoms with Crippen molar-refractivity contribution in [2.75, 3.05) is 6.61 Å². The fourth-order valence-corrected chi connectivity index (χ4v) is 1.82. The van der Waals surface area contributed by atoms with Crippen LogP contribution in [0.5, 0.6) is 0 Å². The van der Waals surface area contributed by atoms with E-state index in [9.17, 15) is 0 Å². The lowest BCUT2D eigenvalue weighted by molar-refractivity contribution is 0.266. The van der Waals surface area contributed by atoms with Crippen LogP contribution in [0.4, 0.5) is 0 Å². The number of halogens is 4. The van der Waals surface area contributed by atoms with Crippen molar-refractivity contribution in [3.8, 4) is 0 Å². The second-order valence-corrected chi connectivity index (χ2v) is 6.70. The van der Waals surface area contributed by atoms with Gasteiger partial charge in [0.2, 0.25) is 0 Å². The third-order valence-electron chi connectivity index (χ3n) is 2.33. The zero-order valence-electron chi connectivity index (χ0n) is 8.91. The molecule has 0 unspecified atom stereocenters. The molecule has 0 aliphatic rings. The molecule has 1 N–H and O–H groups in total. The van der Waals surface area contributed by atoms with Crippen molar-refractivity contribution in [2.24, 2.45) is 0 Å². The molecule has 92 valence electrons. The van der Waals surface area contributed by atoms with Crippen LogP contribution in [-0.2, 0) is 0 Å². The molecule has 0 bridgehead atoms. The SMILES string of the molecule is CCCCCCCC(Cl)(Cl)C(Cl)(Cl)CO. The van der Waals surface area contributed by atoms with Gasteiger partial charge >= 0.3 is 0 Å². The van der Waals surface area contributed by atoms with Gasteiger partial charge in [-0.15, -0.1) is 0 Å². The van der Waals surface area contributed by atoms with Crippen molar-refractivity contribution >= 4 is 46.4 Å². The van der Waals surface area contributed by atoms with Gasteiger partial charge in [0.05, 0.1) is 6.61 Å². The third kappa shape index (κ3) is 5.83. The normalized spacial score (nSPS) is 13.2. The molecule has 0 aromatic carbocycles. The Bertz CT molecular complexity index is 171. The lowest BCUT2D eigenvalue weighted by atomic mass is 10.1. The molecule has 15 heavy (non-hydrogen) atoms. The predicted molar refractivity (Wildman–Crippen MR) is 69.3 cm³/mol. The van der Waals surface area contributed by atoms with Crippen molar-refractivity contribution in [3.05, 3.63) is 0 Å². The summed E-state index contributed by atoms with van der Waals surface area (Å²) in [4.78, 5) is 0. The minimum atomic E-state index is -1.49. The quantitative estimate of drug-likeness (QED) is 0.509. The average molecular weight is 296 g/mol. The van der Waals surface area contributed by atoms with Crippen molar-refractivity contribution in [2.45, 2.75) is 54.1 Å². The minimum Gasteiger partial charge on any atom is -0.393 e. The van der Waals surface area contributed by atoms with E-state index < -0.39 is 15.3 Å². The zero-order valence-corrected chi connectivity index (χ0v) is 11.9. The van der Waals surface area contributed by atoms with Crippen LogP contribution in [0, 0.1) is 0 Å². The number of hydrogen-bond acceptors (Lipinski definition) is 1. The summed E-state index contributed by atoms with van der Waals surface area (Å²) >= 11 is 23.6. The van der Waals surface area contributed by atoms with Gasteiger partial charge in [-0.05, 0) is 6.42 Å². The molecule has 0 aliphatic carbocycles. The van der Waals surface area contributed by atoms with E-state index in [4.69, 9.17) is 51.5 Å². The largest absolute Gasteiger partial charge is 0.393 e. The first kappa shape index (κ1) is 16.1. The zero-order chi connectivity index (χ0) is 11.9. The molecule has 0 saturated carbocycles. The summed E-state index contributed by atoms with van der Waals surface area (Å²) in [6.07, 6.45) is 5.99. The standard InChI is InChI=1S/C10H18Cl4O/c1-2-3-4-5-6-7-9(11,12)10(13,14)8-15/h15H,2-8H2,1H3. The summed E-state index contributed by atoms with van der Waals surface area (Å²) in [6.45, 7) is 1.71. The Hall–Kier alpha value is 1.12. The molecule has 5 heteroatoms. The first-order valence-electron chi connectivity index (χ1n) is 5.24. The maximum atomic E-state index is 8.94. The van der Waals surface area contributed by atoms with E-state index in [0.717, 1.165) is 19.3 Å². The molecule has 0 rings (SSSR count). The highest BCUT2D eigenvalue weighted by Gasteiger charge is 2.46. The van der Waals surface area contributed by atoms with Crippen molar-refractivity contribution in [3.63, 3.8) is 0 Å². The third-order valence-corrected chi connectivity index (χ3v) is 4.62. The van der Waals surface area contributed by atoms with Crippen molar-refractivity contribution < 1.29 is 5.11 Å². The van der Waals surface area contributed by atoms with Crippen LogP contribution < -0.4 is 0 Å². The summed E-state index contributed by atoms with van der Waals surface area (Å²) in [5.74, 6) is 0. The fourth-order valence-electron chi connectivity index (χ4n) is 1.25. The molecule has 0 amide bonds. The molecule has 0 heterocycles. The molecule has 1 nitrogen and oxygen atoms in total. The van der Waals surface area contributed by atoms with Crippen LogP contribution in [0.3, 0.4) is 0 Å². The number of unbranched alkanes of at least 4 members (excludes halogenated alkanes) is 4. The van der Waals surface area contributed by atoms with E-state index in [-0.39, 0.29) is 0 Å². The maximum absolute atomic E-state index is 8.94. The van der Waals surface area contributed by atoms with Crippen LogP contribution in [0.25, 0.3) is 0 Å². The van der Waals surface area contributed by atoms with Crippen LogP contribution in [-0.4, -0.2) is 20.4 Å². The van der Waals surface area contributed by atoms with Gasteiger partial charge in [0.15, 0.2) is 8.67 Å². The second kappa shape index (κ2) is 7.45. The Labute approximate surface area is 112 Å². The Kier molecular flexibility index (Phi) is 8.00. The topological polar surface area (TPSA) is 20.2 Å². The Morgan fingerprint density at radius 3 is 1.87 bits per heavy atom. The Morgan fingerprint density at radius 2 is 1.40 bits per heavy atom. The lowest BCUT2D eigenvalue weighted by Crippen LogP contribution is -2.39. The Balaban J connectivity index is 3.84. The van der Waals surface area contributed by atoms with Crippen LogP contribution in [0.1, 0.15) is 45.4 Å². The number of rotatable bonds is 8. The van der Waals surface area contributed by atoms with E-state index in [2.05, 4.69) is 6.92 Å². The van der Waals surface area contributed by atoms with Crippen LogP contribution >= 0.6 is 46.4 Å². The molecule has 0 atom stereocenters. The molecular weight excluding hydrogens is 278 g/mol. The first-order chi connectivity index (χ1) is 6.87. The van der Waals surface area contributed by atoms with Crippen molar-refractivity contribution in [1.82, 2.24) is 0 Å². The van der Waals surface area contributed by atoms with Gasteiger partial charge < -0.3 is 5.11 Å². The summed E-state index contributed by atoms with van der Waals surface area (Å²) in [5.41, 5.74) is 0. The molecule has 0 aromatic rings. The first-order valence-corrected chi connectivity index (χ1v) is 6.75. The average Bonchev–Trinajstić information content (AvgIpc) is 2.17. The summed E-state index contributed by atoms with van der Waals surface area (Å²) < 4.78 is -2.77. The van der Waals surface area contributed by atoms with E-state index in [1.807, 2.05) is 0 Å². The van der Waals surface area contributed by atoms with E-state index in [0.29, 0.717) is 6.42 Å². The highest BCUT2D eigenvalue weighted by molar-refractivity contribution is 6.62. The monoisotopic (exact) mass is 294 g/mol. The summed E-state index contributed by atoms with van der Waals surface area (Å²) in [7, 11) is 0. The van der Waals surface area contributed by atoms with E-state index >= 15 is 0 Å². The molecule has 0 fully saturated rings. The molecule has 0 aromatic heterocycles. The van der Waals surface area contributed by atoms with Gasteiger partial charge in [-0.1, -0.05) is 85.4 Å².